The van der Waals surface area contributed by atoms with Gasteiger partial charge in [-0.25, -0.2) is 0 Å². The number of carbonyl (C=O) groups is 1. The topological polar surface area (TPSA) is 57.8 Å². The summed E-state index contributed by atoms with van der Waals surface area (Å²) < 4.78 is 0. The van der Waals surface area contributed by atoms with Gasteiger partial charge in [0.15, 0.2) is 5.82 Å². The van der Waals surface area contributed by atoms with Gasteiger partial charge in [0.25, 0.3) is 0 Å². The Morgan fingerprint density at radius 1 is 1.35 bits per heavy atom. The van der Waals surface area contributed by atoms with E-state index in [-0.39, 0.29) is 5.91 Å². The monoisotopic (exact) mass is 233 g/mol. The molecule has 1 amide bonds. The molecule has 17 heavy (non-hydrogen) atoms. The fraction of sp³-hybridized carbons (Fsp3) is 0.692. The molecule has 1 aromatic heterocycles. The second-order valence-electron chi connectivity index (χ2n) is 5.39. The molecule has 92 valence electrons. The zero-order valence-corrected chi connectivity index (χ0v) is 10.0. The second-order valence-corrected chi connectivity index (χ2v) is 5.39. The average molecular weight is 233 g/mol. The smallest absolute Gasteiger partial charge is 0.225 e. The van der Waals surface area contributed by atoms with Crippen LogP contribution in [0, 0.1) is 5.92 Å². The third kappa shape index (κ3) is 2.68. The van der Waals surface area contributed by atoms with E-state index in [2.05, 4.69) is 15.5 Å². The number of hydrogen-bond acceptors (Lipinski definition) is 2. The molecule has 0 saturated heterocycles. The van der Waals surface area contributed by atoms with Gasteiger partial charge in [0.2, 0.25) is 5.91 Å². The third-order valence-electron chi connectivity index (χ3n) is 3.83. The minimum atomic E-state index is 0.116. The molecule has 3 rings (SSSR count). The molecule has 2 aliphatic rings. The lowest BCUT2D eigenvalue weighted by Crippen LogP contribution is -2.15. The molecule has 2 aliphatic carbocycles. The number of anilines is 1. The van der Waals surface area contributed by atoms with E-state index in [0.29, 0.717) is 24.1 Å². The van der Waals surface area contributed by atoms with Crippen molar-refractivity contribution in [1.29, 1.82) is 0 Å². The molecule has 0 aromatic carbocycles. The number of rotatable bonds is 4. The number of amides is 1. The average Bonchev–Trinajstić information content (AvgIpc) is 2.84. The van der Waals surface area contributed by atoms with Crippen LogP contribution in [0.2, 0.25) is 0 Å². The highest BCUT2D eigenvalue weighted by molar-refractivity contribution is 5.89. The largest absolute Gasteiger partial charge is 0.309 e. The fourth-order valence-electron chi connectivity index (χ4n) is 2.67. The number of hydrogen-bond donors (Lipinski definition) is 2. The zero-order valence-electron chi connectivity index (χ0n) is 10.0. The number of carbonyl (C=O) groups excluding carboxylic acids is 1. The van der Waals surface area contributed by atoms with Crippen molar-refractivity contribution in [3.63, 3.8) is 0 Å². The number of nitrogens with one attached hydrogen (secondary N) is 2. The van der Waals surface area contributed by atoms with Crippen molar-refractivity contribution < 1.29 is 4.79 Å². The molecular formula is C13H19N3O. The first-order chi connectivity index (χ1) is 8.31. The van der Waals surface area contributed by atoms with Gasteiger partial charge < -0.3 is 5.32 Å². The number of aromatic amines is 1. The molecule has 1 aromatic rings. The first-order valence-electron chi connectivity index (χ1n) is 6.66. The van der Waals surface area contributed by atoms with E-state index in [1.165, 1.54) is 44.2 Å². The first kappa shape index (κ1) is 10.8. The van der Waals surface area contributed by atoms with Crippen molar-refractivity contribution in [2.75, 3.05) is 5.32 Å². The van der Waals surface area contributed by atoms with Crippen LogP contribution in [0.3, 0.4) is 0 Å². The Morgan fingerprint density at radius 2 is 2.12 bits per heavy atom. The van der Waals surface area contributed by atoms with Gasteiger partial charge in [-0.05, 0) is 31.6 Å². The molecule has 0 bridgehead atoms. The van der Waals surface area contributed by atoms with E-state index in [0.717, 1.165) is 0 Å². The van der Waals surface area contributed by atoms with Crippen LogP contribution < -0.4 is 5.32 Å². The highest BCUT2D eigenvalue weighted by atomic mass is 16.1. The van der Waals surface area contributed by atoms with Crippen molar-refractivity contribution in [1.82, 2.24) is 10.2 Å². The zero-order chi connectivity index (χ0) is 11.7. The summed E-state index contributed by atoms with van der Waals surface area (Å²) in [4.78, 5) is 11.8. The highest BCUT2D eigenvalue weighted by Crippen LogP contribution is 2.39. The molecule has 0 atom stereocenters. The van der Waals surface area contributed by atoms with Gasteiger partial charge in [0.05, 0.1) is 0 Å². The Morgan fingerprint density at radius 3 is 2.82 bits per heavy atom. The maximum absolute atomic E-state index is 11.8. The van der Waals surface area contributed by atoms with Crippen molar-refractivity contribution in [3.8, 4) is 0 Å². The van der Waals surface area contributed by atoms with Crippen molar-refractivity contribution in [3.05, 3.63) is 11.8 Å². The maximum atomic E-state index is 11.8. The number of nitrogens with zero attached hydrogens (tertiary/aromatic N) is 1. The van der Waals surface area contributed by atoms with Crippen molar-refractivity contribution >= 4 is 11.7 Å². The SMILES string of the molecule is O=C(CC1CCCC1)Nc1cc(C2CC2)[nH]n1. The minimum Gasteiger partial charge on any atom is -0.309 e. The Balaban J connectivity index is 1.52. The molecule has 2 fully saturated rings. The van der Waals surface area contributed by atoms with Crippen LogP contribution in [0.15, 0.2) is 6.07 Å². The Hall–Kier alpha value is -1.32. The van der Waals surface area contributed by atoms with Crippen LogP contribution in [-0.4, -0.2) is 16.1 Å². The van der Waals surface area contributed by atoms with Gasteiger partial charge in [-0.2, -0.15) is 5.10 Å². The van der Waals surface area contributed by atoms with Gasteiger partial charge in [-0.1, -0.05) is 12.8 Å². The van der Waals surface area contributed by atoms with Gasteiger partial charge >= 0.3 is 0 Å². The summed E-state index contributed by atoms with van der Waals surface area (Å²) in [5.41, 5.74) is 1.17. The normalized spacial score (nSPS) is 20.7. The highest BCUT2D eigenvalue weighted by Gasteiger charge is 2.26. The van der Waals surface area contributed by atoms with Crippen molar-refractivity contribution in [2.24, 2.45) is 5.92 Å². The van der Waals surface area contributed by atoms with Crippen LogP contribution in [0.4, 0.5) is 5.82 Å². The Bertz CT molecular complexity index is 403. The van der Waals surface area contributed by atoms with Gasteiger partial charge in [-0.3, -0.25) is 9.89 Å². The first-order valence-corrected chi connectivity index (χ1v) is 6.66. The second kappa shape index (κ2) is 4.51. The lowest BCUT2D eigenvalue weighted by molar-refractivity contribution is -0.117. The molecule has 4 nitrogen and oxygen atoms in total. The molecule has 1 heterocycles. The molecule has 0 radical (unpaired) electrons. The summed E-state index contributed by atoms with van der Waals surface area (Å²) in [6.45, 7) is 0. The summed E-state index contributed by atoms with van der Waals surface area (Å²) in [5, 5.41) is 10.0. The maximum Gasteiger partial charge on any atom is 0.225 e. The molecule has 0 aliphatic heterocycles. The molecule has 0 spiro atoms. The van der Waals surface area contributed by atoms with E-state index in [4.69, 9.17) is 0 Å². The van der Waals surface area contributed by atoms with E-state index >= 15 is 0 Å². The Kier molecular flexibility index (Phi) is 2.87. The van der Waals surface area contributed by atoms with Crippen LogP contribution >= 0.6 is 0 Å². The number of aromatic nitrogens is 2. The minimum absolute atomic E-state index is 0.116. The molecule has 0 unspecified atom stereocenters. The summed E-state index contributed by atoms with van der Waals surface area (Å²) in [7, 11) is 0. The molecule has 2 N–H and O–H groups in total. The van der Waals surface area contributed by atoms with E-state index in [9.17, 15) is 4.79 Å². The van der Waals surface area contributed by atoms with Gasteiger partial charge in [0.1, 0.15) is 0 Å². The molecule has 4 heteroatoms. The molecule has 2 saturated carbocycles. The standard InChI is InChI=1S/C13H19N3O/c17-13(7-9-3-1-2-4-9)14-12-8-11(15-16-12)10-5-6-10/h8-10H,1-7H2,(H2,14,15,16,17). The summed E-state index contributed by atoms with van der Waals surface area (Å²) in [5.74, 6) is 2.06. The lowest BCUT2D eigenvalue weighted by Gasteiger charge is -2.07. The molecular weight excluding hydrogens is 214 g/mol. The van der Waals surface area contributed by atoms with E-state index in [1.807, 2.05) is 6.07 Å². The van der Waals surface area contributed by atoms with Crippen LogP contribution in [0.5, 0.6) is 0 Å². The summed E-state index contributed by atoms with van der Waals surface area (Å²) in [6, 6.07) is 1.98. The van der Waals surface area contributed by atoms with Gasteiger partial charge in [0, 0.05) is 24.1 Å². The quantitative estimate of drug-likeness (QED) is 0.840. The third-order valence-corrected chi connectivity index (χ3v) is 3.83. The van der Waals surface area contributed by atoms with Crippen LogP contribution in [-0.2, 0) is 4.79 Å². The fourth-order valence-corrected chi connectivity index (χ4v) is 2.67. The summed E-state index contributed by atoms with van der Waals surface area (Å²) in [6.07, 6.45) is 8.14. The Labute approximate surface area is 101 Å². The summed E-state index contributed by atoms with van der Waals surface area (Å²) >= 11 is 0. The van der Waals surface area contributed by atoms with Crippen LogP contribution in [0.1, 0.15) is 56.6 Å². The lowest BCUT2D eigenvalue weighted by atomic mass is 10.0. The van der Waals surface area contributed by atoms with E-state index in [1.54, 1.807) is 0 Å². The predicted octanol–water partition coefficient (Wildman–Crippen LogP) is 2.81. The van der Waals surface area contributed by atoms with Crippen molar-refractivity contribution in [2.45, 2.75) is 50.9 Å². The predicted molar refractivity (Wildman–Crippen MR) is 65.8 cm³/mol. The van der Waals surface area contributed by atoms with Crippen LogP contribution in [0.25, 0.3) is 0 Å². The number of H-pyrrole nitrogens is 1. The van der Waals surface area contributed by atoms with E-state index < -0.39 is 0 Å². The van der Waals surface area contributed by atoms with Gasteiger partial charge in [-0.15, -0.1) is 0 Å².